The first-order chi connectivity index (χ1) is 14.5. The van der Waals surface area contributed by atoms with E-state index >= 15 is 0 Å². The van der Waals surface area contributed by atoms with Crippen LogP contribution < -0.4 is 5.32 Å². The number of aliphatic carboxylic acids is 1. The van der Waals surface area contributed by atoms with Gasteiger partial charge in [-0.15, -0.1) is 11.3 Å². The van der Waals surface area contributed by atoms with Gasteiger partial charge in [0.25, 0.3) is 0 Å². The number of anilines is 1. The molecule has 1 unspecified atom stereocenters. The minimum atomic E-state index is -0.983. The minimum absolute atomic E-state index is 0.171. The van der Waals surface area contributed by atoms with E-state index in [0.717, 1.165) is 38.2 Å². The summed E-state index contributed by atoms with van der Waals surface area (Å²) in [5.41, 5.74) is 2.97. The van der Waals surface area contributed by atoms with Crippen molar-refractivity contribution in [3.63, 3.8) is 0 Å². The van der Waals surface area contributed by atoms with E-state index in [1.165, 1.54) is 6.33 Å². The topological polar surface area (TPSA) is 92.9 Å². The normalized spacial score (nSPS) is 12.2. The number of carboxylic acids is 1. The van der Waals surface area contributed by atoms with Gasteiger partial charge in [-0.3, -0.25) is 4.68 Å². The van der Waals surface area contributed by atoms with Crippen molar-refractivity contribution in [1.82, 2.24) is 19.7 Å². The van der Waals surface area contributed by atoms with Crippen LogP contribution in [0.2, 0.25) is 5.02 Å². The predicted octanol–water partition coefficient (Wildman–Crippen LogP) is 4.64. The number of hydrogen-bond acceptors (Lipinski definition) is 6. The van der Waals surface area contributed by atoms with Gasteiger partial charge in [0, 0.05) is 27.9 Å². The van der Waals surface area contributed by atoms with E-state index in [9.17, 15) is 9.90 Å². The number of benzene rings is 1. The fourth-order valence-corrected chi connectivity index (χ4v) is 4.71. The van der Waals surface area contributed by atoms with Crippen molar-refractivity contribution in [2.75, 3.05) is 5.32 Å². The van der Waals surface area contributed by atoms with Crippen LogP contribution in [-0.4, -0.2) is 36.9 Å². The third kappa shape index (κ3) is 3.76. The summed E-state index contributed by atoms with van der Waals surface area (Å²) in [6.07, 6.45) is 5.63. The first kappa shape index (κ1) is 20.3. The third-order valence-electron chi connectivity index (χ3n) is 4.96. The summed E-state index contributed by atoms with van der Waals surface area (Å²) < 4.78 is 1.58. The highest BCUT2D eigenvalue weighted by atomic mass is 35.5. The molecule has 3 aromatic heterocycles. The Morgan fingerprint density at radius 3 is 2.87 bits per heavy atom. The van der Waals surface area contributed by atoms with Gasteiger partial charge in [0.1, 0.15) is 23.0 Å². The van der Waals surface area contributed by atoms with Crippen molar-refractivity contribution < 1.29 is 9.90 Å². The standard InChI is InChI=1S/C21H20ClN5O2S/c1-3-16-17(13-6-4-7-14(22)12(13)2)18-19(23-11-24-20(18)30-16)26-15(21(28)29)10-27-9-5-8-25-27/h4-9,11,15H,3,10H2,1-2H3,(H,28,29)(H,23,24,26). The molecule has 4 rings (SSSR count). The average Bonchev–Trinajstić information content (AvgIpc) is 3.37. The van der Waals surface area contributed by atoms with E-state index in [1.54, 1.807) is 34.5 Å². The fraction of sp³-hybridized carbons (Fsp3) is 0.238. The zero-order chi connectivity index (χ0) is 21.3. The van der Waals surface area contributed by atoms with Crippen molar-refractivity contribution in [1.29, 1.82) is 0 Å². The molecule has 9 heteroatoms. The maximum Gasteiger partial charge on any atom is 0.328 e. The first-order valence-corrected chi connectivity index (χ1v) is 10.7. The quantitative estimate of drug-likeness (QED) is 0.434. The number of halogens is 1. The van der Waals surface area contributed by atoms with Crippen LogP contribution >= 0.6 is 22.9 Å². The van der Waals surface area contributed by atoms with Crippen LogP contribution in [0.1, 0.15) is 17.4 Å². The molecule has 0 fully saturated rings. The second-order valence-corrected chi connectivity index (χ2v) is 8.32. The van der Waals surface area contributed by atoms with Crippen molar-refractivity contribution in [3.05, 3.63) is 58.4 Å². The highest BCUT2D eigenvalue weighted by Gasteiger charge is 2.24. The van der Waals surface area contributed by atoms with Crippen molar-refractivity contribution in [2.24, 2.45) is 0 Å². The van der Waals surface area contributed by atoms with Crippen LogP contribution in [0, 0.1) is 6.92 Å². The summed E-state index contributed by atoms with van der Waals surface area (Å²) in [6, 6.07) is 6.66. The lowest BCUT2D eigenvalue weighted by Crippen LogP contribution is -2.34. The molecule has 0 saturated carbocycles. The lowest BCUT2D eigenvalue weighted by Gasteiger charge is -2.17. The molecule has 30 heavy (non-hydrogen) atoms. The van der Waals surface area contributed by atoms with E-state index in [0.29, 0.717) is 10.8 Å². The smallest absolute Gasteiger partial charge is 0.328 e. The van der Waals surface area contributed by atoms with Gasteiger partial charge in [0.2, 0.25) is 0 Å². The molecule has 0 bridgehead atoms. The van der Waals surface area contributed by atoms with Gasteiger partial charge >= 0.3 is 5.97 Å². The molecule has 1 aromatic carbocycles. The Bertz CT molecular complexity index is 1210. The summed E-state index contributed by atoms with van der Waals surface area (Å²) in [7, 11) is 0. The van der Waals surface area contributed by atoms with Gasteiger partial charge in [-0.25, -0.2) is 14.8 Å². The van der Waals surface area contributed by atoms with Crippen molar-refractivity contribution in [2.45, 2.75) is 32.9 Å². The van der Waals surface area contributed by atoms with Gasteiger partial charge in [-0.05, 0) is 36.6 Å². The molecule has 3 heterocycles. The van der Waals surface area contributed by atoms with Gasteiger partial charge in [0.15, 0.2) is 0 Å². The Morgan fingerprint density at radius 2 is 2.17 bits per heavy atom. The molecule has 0 aliphatic carbocycles. The largest absolute Gasteiger partial charge is 0.480 e. The Labute approximate surface area is 182 Å². The minimum Gasteiger partial charge on any atom is -0.480 e. The molecule has 0 aliphatic heterocycles. The zero-order valence-corrected chi connectivity index (χ0v) is 18.0. The van der Waals surface area contributed by atoms with Crippen LogP contribution in [0.15, 0.2) is 43.0 Å². The van der Waals surface area contributed by atoms with Crippen molar-refractivity contribution in [3.8, 4) is 11.1 Å². The summed E-state index contributed by atoms with van der Waals surface area (Å²) in [5, 5.41) is 18.5. The Morgan fingerprint density at radius 1 is 1.33 bits per heavy atom. The van der Waals surface area contributed by atoms with Crippen LogP contribution in [0.3, 0.4) is 0 Å². The Hall–Kier alpha value is -2.97. The number of aromatic nitrogens is 4. The van der Waals surface area contributed by atoms with E-state index in [-0.39, 0.29) is 6.54 Å². The molecule has 0 radical (unpaired) electrons. The SMILES string of the molecule is CCc1sc2ncnc(NC(Cn3cccn3)C(=O)O)c2c1-c1cccc(Cl)c1C. The van der Waals surface area contributed by atoms with E-state index in [2.05, 4.69) is 27.3 Å². The number of thiophene rings is 1. The number of carboxylic acid groups (broad SMARTS) is 1. The van der Waals surface area contributed by atoms with E-state index < -0.39 is 12.0 Å². The third-order valence-corrected chi connectivity index (χ3v) is 6.61. The van der Waals surface area contributed by atoms with Gasteiger partial charge in [-0.2, -0.15) is 5.10 Å². The number of rotatable bonds is 7. The highest BCUT2D eigenvalue weighted by Crippen LogP contribution is 2.43. The molecule has 0 spiro atoms. The lowest BCUT2D eigenvalue weighted by molar-refractivity contribution is -0.138. The molecule has 0 aliphatic rings. The van der Waals surface area contributed by atoms with E-state index in [4.69, 9.17) is 11.6 Å². The molecule has 154 valence electrons. The maximum absolute atomic E-state index is 11.9. The second kappa shape index (κ2) is 8.41. The average molecular weight is 442 g/mol. The van der Waals surface area contributed by atoms with Gasteiger partial charge in [-0.1, -0.05) is 30.7 Å². The van der Waals surface area contributed by atoms with Crippen LogP contribution in [-0.2, 0) is 17.8 Å². The maximum atomic E-state index is 11.9. The lowest BCUT2D eigenvalue weighted by atomic mass is 9.97. The number of nitrogens with one attached hydrogen (secondary N) is 1. The molecule has 1 atom stereocenters. The van der Waals surface area contributed by atoms with E-state index in [1.807, 2.05) is 25.1 Å². The summed E-state index contributed by atoms with van der Waals surface area (Å²) in [6.45, 7) is 4.24. The first-order valence-electron chi connectivity index (χ1n) is 9.48. The molecule has 0 amide bonds. The molecular formula is C21H20ClN5O2S. The monoisotopic (exact) mass is 441 g/mol. The molecule has 4 aromatic rings. The number of nitrogens with zero attached hydrogens (tertiary/aromatic N) is 4. The Kier molecular flexibility index (Phi) is 5.69. The summed E-state index contributed by atoms with van der Waals surface area (Å²) in [5.74, 6) is -0.492. The van der Waals surface area contributed by atoms with Gasteiger partial charge < -0.3 is 10.4 Å². The Balaban J connectivity index is 1.85. The predicted molar refractivity (Wildman–Crippen MR) is 119 cm³/mol. The van der Waals surface area contributed by atoms with Gasteiger partial charge in [0.05, 0.1) is 11.9 Å². The van der Waals surface area contributed by atoms with Crippen molar-refractivity contribution >= 4 is 44.9 Å². The van der Waals surface area contributed by atoms with Crippen LogP contribution in [0.4, 0.5) is 5.82 Å². The second-order valence-electron chi connectivity index (χ2n) is 6.83. The molecule has 7 nitrogen and oxygen atoms in total. The molecule has 2 N–H and O–H groups in total. The fourth-order valence-electron chi connectivity index (χ4n) is 3.45. The summed E-state index contributed by atoms with van der Waals surface area (Å²) >= 11 is 7.98. The number of aryl methyl sites for hydroxylation is 1. The highest BCUT2D eigenvalue weighted by molar-refractivity contribution is 7.19. The number of fused-ring (bicyclic) bond motifs is 1. The number of carbonyl (C=O) groups is 1. The molecule has 0 saturated heterocycles. The van der Waals surface area contributed by atoms with Crippen LogP contribution in [0.5, 0.6) is 0 Å². The molecular weight excluding hydrogens is 422 g/mol. The number of hydrogen-bond donors (Lipinski definition) is 2. The van der Waals surface area contributed by atoms with Crippen LogP contribution in [0.25, 0.3) is 21.3 Å². The zero-order valence-electron chi connectivity index (χ0n) is 16.5. The summed E-state index contributed by atoms with van der Waals surface area (Å²) in [4.78, 5) is 22.7.